The maximum absolute atomic E-state index is 9.01. The summed E-state index contributed by atoms with van der Waals surface area (Å²) in [6.45, 7) is 11.0. The predicted molar refractivity (Wildman–Crippen MR) is 114 cm³/mol. The van der Waals surface area contributed by atoms with Gasteiger partial charge in [-0.05, 0) is 74.1 Å². The van der Waals surface area contributed by atoms with Crippen LogP contribution >= 0.6 is 0 Å². The molecule has 1 N–H and O–H groups in total. The summed E-state index contributed by atoms with van der Waals surface area (Å²) in [5, 5.41) is 9.01. The summed E-state index contributed by atoms with van der Waals surface area (Å²) in [7, 11) is 1.67. The number of allylic oxidation sites excluding steroid dienone is 4. The Kier molecular flexibility index (Phi) is 9.26. The zero-order chi connectivity index (χ0) is 19.6. The molecule has 2 nitrogen and oxygen atoms in total. The standard InChI is InChI=1S/C14H24O.C10H12O/c1-5-12(10-15)7-9-13-8-6-11(2)14(13,3)4;1-3-4-9-5-7-10(11-2)8-6-9/h6,10,13,15H,5,7-9H2,1-4H3;3-8H,1-2H3. The largest absolute Gasteiger partial charge is 0.516 e. The van der Waals surface area contributed by atoms with Gasteiger partial charge in [-0.25, -0.2) is 0 Å². The number of ether oxygens (including phenoxy) is 1. The summed E-state index contributed by atoms with van der Waals surface area (Å²) >= 11 is 0. The average Bonchev–Trinajstić information content (AvgIpc) is 2.90. The number of hydrogen-bond acceptors (Lipinski definition) is 2. The number of rotatable bonds is 6. The molecule has 0 heterocycles. The van der Waals surface area contributed by atoms with E-state index in [1.165, 1.54) is 35.8 Å². The molecule has 1 unspecified atom stereocenters. The number of aliphatic hydroxyl groups is 1. The van der Waals surface area contributed by atoms with Crippen molar-refractivity contribution in [2.24, 2.45) is 11.3 Å². The normalized spacial score (nSPS) is 19.1. The molecule has 0 spiro atoms. The lowest BCUT2D eigenvalue weighted by molar-refractivity contribution is 0.274. The van der Waals surface area contributed by atoms with Gasteiger partial charge in [0.1, 0.15) is 5.75 Å². The quantitative estimate of drug-likeness (QED) is 0.427. The van der Waals surface area contributed by atoms with E-state index in [2.05, 4.69) is 39.8 Å². The van der Waals surface area contributed by atoms with Crippen LogP contribution in [0, 0.1) is 11.3 Å². The smallest absolute Gasteiger partial charge is 0.118 e. The van der Waals surface area contributed by atoms with Gasteiger partial charge < -0.3 is 9.84 Å². The first-order valence-electron chi connectivity index (χ1n) is 9.65. The fourth-order valence-corrected chi connectivity index (χ4v) is 3.28. The van der Waals surface area contributed by atoms with Gasteiger partial charge >= 0.3 is 0 Å². The Labute approximate surface area is 160 Å². The van der Waals surface area contributed by atoms with Crippen molar-refractivity contribution in [1.29, 1.82) is 0 Å². The summed E-state index contributed by atoms with van der Waals surface area (Å²) in [6, 6.07) is 7.96. The Bertz CT molecular complexity index is 618. The molecular weight excluding hydrogens is 320 g/mol. The van der Waals surface area contributed by atoms with Gasteiger partial charge in [0, 0.05) is 0 Å². The summed E-state index contributed by atoms with van der Waals surface area (Å²) in [5.74, 6) is 1.65. The highest BCUT2D eigenvalue weighted by Crippen LogP contribution is 2.45. The molecule has 26 heavy (non-hydrogen) atoms. The monoisotopic (exact) mass is 356 g/mol. The zero-order valence-electron chi connectivity index (χ0n) is 17.4. The molecule has 0 amide bonds. The number of benzene rings is 1. The van der Waals surface area contributed by atoms with Crippen molar-refractivity contribution in [3.63, 3.8) is 0 Å². The van der Waals surface area contributed by atoms with E-state index in [0.717, 1.165) is 24.5 Å². The van der Waals surface area contributed by atoms with E-state index in [1.807, 2.05) is 37.3 Å². The lowest BCUT2D eigenvalue weighted by Crippen LogP contribution is -2.20. The lowest BCUT2D eigenvalue weighted by Gasteiger charge is -2.29. The van der Waals surface area contributed by atoms with Gasteiger partial charge in [0.15, 0.2) is 0 Å². The number of methoxy groups -OCH3 is 1. The van der Waals surface area contributed by atoms with Crippen LogP contribution in [0.15, 0.2) is 53.8 Å². The van der Waals surface area contributed by atoms with Crippen molar-refractivity contribution in [2.75, 3.05) is 7.11 Å². The first kappa shape index (κ1) is 22.1. The predicted octanol–water partition coefficient (Wildman–Crippen LogP) is 7.34. The van der Waals surface area contributed by atoms with E-state index >= 15 is 0 Å². The van der Waals surface area contributed by atoms with Gasteiger partial charge in [0.2, 0.25) is 0 Å². The van der Waals surface area contributed by atoms with E-state index in [9.17, 15) is 0 Å². The zero-order valence-corrected chi connectivity index (χ0v) is 17.4. The van der Waals surface area contributed by atoms with Gasteiger partial charge in [-0.3, -0.25) is 0 Å². The third kappa shape index (κ3) is 6.40. The summed E-state index contributed by atoms with van der Waals surface area (Å²) in [6.07, 6.45) is 12.2. The van der Waals surface area contributed by atoms with E-state index in [1.54, 1.807) is 7.11 Å². The minimum absolute atomic E-state index is 0.355. The fraction of sp³-hybridized carbons (Fsp3) is 0.500. The molecule has 0 aliphatic heterocycles. The Hall–Kier alpha value is -1.96. The topological polar surface area (TPSA) is 29.5 Å². The summed E-state index contributed by atoms with van der Waals surface area (Å²) < 4.78 is 5.02. The number of hydrogen-bond donors (Lipinski definition) is 1. The van der Waals surface area contributed by atoms with Crippen LogP contribution in [0.5, 0.6) is 5.75 Å². The maximum atomic E-state index is 9.01. The third-order valence-corrected chi connectivity index (χ3v) is 5.67. The minimum Gasteiger partial charge on any atom is -0.516 e. The average molecular weight is 357 g/mol. The fourth-order valence-electron chi connectivity index (χ4n) is 3.28. The molecule has 1 aliphatic carbocycles. The molecule has 2 heteroatoms. The molecule has 1 atom stereocenters. The first-order valence-corrected chi connectivity index (χ1v) is 9.65. The molecule has 1 aliphatic rings. The molecule has 0 bridgehead atoms. The molecule has 1 aromatic carbocycles. The van der Waals surface area contributed by atoms with Gasteiger partial charge in [-0.1, -0.05) is 56.7 Å². The van der Waals surface area contributed by atoms with E-state index in [-0.39, 0.29) is 0 Å². The van der Waals surface area contributed by atoms with E-state index in [0.29, 0.717) is 5.41 Å². The highest BCUT2D eigenvalue weighted by Gasteiger charge is 2.34. The van der Waals surface area contributed by atoms with Gasteiger partial charge in [-0.15, -0.1) is 0 Å². The highest BCUT2D eigenvalue weighted by molar-refractivity contribution is 5.50. The third-order valence-electron chi connectivity index (χ3n) is 5.67. The summed E-state index contributed by atoms with van der Waals surface area (Å²) in [4.78, 5) is 0. The molecular formula is C24H36O2. The lowest BCUT2D eigenvalue weighted by atomic mass is 9.75. The van der Waals surface area contributed by atoms with Crippen LogP contribution in [0.2, 0.25) is 0 Å². The molecule has 2 rings (SSSR count). The van der Waals surface area contributed by atoms with Crippen LogP contribution in [0.1, 0.15) is 65.9 Å². The molecule has 0 aromatic heterocycles. The van der Waals surface area contributed by atoms with Gasteiger partial charge in [-0.2, -0.15) is 0 Å². The molecule has 0 saturated carbocycles. The molecule has 144 valence electrons. The maximum Gasteiger partial charge on any atom is 0.118 e. The van der Waals surface area contributed by atoms with Crippen molar-refractivity contribution in [2.45, 2.75) is 60.3 Å². The summed E-state index contributed by atoms with van der Waals surface area (Å²) in [5.41, 5.74) is 4.26. The highest BCUT2D eigenvalue weighted by atomic mass is 16.5. The second-order valence-electron chi connectivity index (χ2n) is 7.49. The second-order valence-corrected chi connectivity index (χ2v) is 7.49. The van der Waals surface area contributed by atoms with Crippen LogP contribution in [-0.4, -0.2) is 12.2 Å². The van der Waals surface area contributed by atoms with Crippen molar-refractivity contribution < 1.29 is 9.84 Å². The van der Waals surface area contributed by atoms with E-state index < -0.39 is 0 Å². The Morgan fingerprint density at radius 2 is 1.92 bits per heavy atom. The van der Waals surface area contributed by atoms with Crippen LogP contribution in [0.4, 0.5) is 0 Å². The molecule has 0 saturated heterocycles. The van der Waals surface area contributed by atoms with E-state index in [4.69, 9.17) is 9.84 Å². The van der Waals surface area contributed by atoms with Crippen molar-refractivity contribution >= 4 is 6.08 Å². The van der Waals surface area contributed by atoms with Gasteiger partial charge in [0.25, 0.3) is 0 Å². The van der Waals surface area contributed by atoms with Crippen molar-refractivity contribution in [3.05, 3.63) is 59.4 Å². The SMILES string of the molecule is CC=Cc1ccc(OC)cc1.CCC(=CO)CCC1CC=C(C)C1(C)C. The van der Waals surface area contributed by atoms with Crippen LogP contribution < -0.4 is 4.74 Å². The van der Waals surface area contributed by atoms with Crippen molar-refractivity contribution in [3.8, 4) is 5.75 Å². The minimum atomic E-state index is 0.355. The Morgan fingerprint density at radius 1 is 1.27 bits per heavy atom. The van der Waals surface area contributed by atoms with Crippen LogP contribution in [-0.2, 0) is 0 Å². The number of aliphatic hydroxyl groups excluding tert-OH is 1. The second kappa shape index (κ2) is 10.9. The Balaban J connectivity index is 0.000000273. The Morgan fingerprint density at radius 3 is 2.35 bits per heavy atom. The van der Waals surface area contributed by atoms with Crippen LogP contribution in [0.3, 0.4) is 0 Å². The molecule has 0 radical (unpaired) electrons. The van der Waals surface area contributed by atoms with Crippen LogP contribution in [0.25, 0.3) is 6.08 Å². The molecule has 0 fully saturated rings. The molecule has 1 aromatic rings. The van der Waals surface area contributed by atoms with Crippen molar-refractivity contribution in [1.82, 2.24) is 0 Å². The van der Waals surface area contributed by atoms with Gasteiger partial charge in [0.05, 0.1) is 13.4 Å². The first-order chi connectivity index (χ1) is 12.4.